The van der Waals surface area contributed by atoms with Crippen LogP contribution in [0, 0.1) is 6.92 Å². The fraction of sp³-hybridized carbons (Fsp3) is 0.214. The second kappa shape index (κ2) is 5.51. The zero-order valence-corrected chi connectivity index (χ0v) is 10.5. The largest absolute Gasteiger partial charge is 0.497 e. The van der Waals surface area contributed by atoms with Gasteiger partial charge in [0.2, 0.25) is 5.88 Å². The van der Waals surface area contributed by atoms with Gasteiger partial charge in [-0.1, -0.05) is 0 Å². The van der Waals surface area contributed by atoms with E-state index in [9.17, 15) is 0 Å². The number of aryl methyl sites for hydroxylation is 1. The van der Waals surface area contributed by atoms with Gasteiger partial charge in [-0.25, -0.2) is 4.98 Å². The van der Waals surface area contributed by atoms with Crippen LogP contribution in [0.1, 0.15) is 11.1 Å². The van der Waals surface area contributed by atoms with E-state index in [1.165, 1.54) is 0 Å². The van der Waals surface area contributed by atoms with Crippen LogP contribution in [0.25, 0.3) is 0 Å². The minimum atomic E-state index is 0.439. The Morgan fingerprint density at radius 3 is 2.61 bits per heavy atom. The molecule has 0 spiro atoms. The van der Waals surface area contributed by atoms with E-state index in [0.29, 0.717) is 18.2 Å². The lowest BCUT2D eigenvalue weighted by Crippen LogP contribution is -1.98. The molecule has 0 bridgehead atoms. The Kier molecular flexibility index (Phi) is 3.79. The van der Waals surface area contributed by atoms with E-state index in [0.717, 1.165) is 16.9 Å². The lowest BCUT2D eigenvalue weighted by molar-refractivity contribution is 0.406. The van der Waals surface area contributed by atoms with Gasteiger partial charge in [0.25, 0.3) is 0 Å². The molecule has 1 aromatic heterocycles. The lowest BCUT2D eigenvalue weighted by atomic mass is 10.2. The van der Waals surface area contributed by atoms with Gasteiger partial charge in [-0.2, -0.15) is 0 Å². The van der Waals surface area contributed by atoms with Crippen molar-refractivity contribution in [2.45, 2.75) is 13.5 Å². The Bertz CT molecular complexity index is 519. The second-order valence-corrected chi connectivity index (χ2v) is 3.99. The van der Waals surface area contributed by atoms with Crippen LogP contribution in [0.15, 0.2) is 36.5 Å². The highest BCUT2D eigenvalue weighted by molar-refractivity contribution is 5.40. The number of methoxy groups -OCH3 is 1. The predicted molar refractivity (Wildman–Crippen MR) is 69.9 cm³/mol. The van der Waals surface area contributed by atoms with Crippen LogP contribution in [-0.2, 0) is 6.54 Å². The number of pyridine rings is 1. The average molecular weight is 244 g/mol. The molecule has 0 saturated carbocycles. The Labute approximate surface area is 106 Å². The number of nitrogens with two attached hydrogens (primary N) is 1. The number of hydrogen-bond donors (Lipinski definition) is 1. The third kappa shape index (κ3) is 2.99. The minimum absolute atomic E-state index is 0.439. The van der Waals surface area contributed by atoms with Gasteiger partial charge in [0.15, 0.2) is 0 Å². The molecule has 1 aromatic carbocycles. The quantitative estimate of drug-likeness (QED) is 0.898. The lowest BCUT2D eigenvalue weighted by Gasteiger charge is -2.09. The summed E-state index contributed by atoms with van der Waals surface area (Å²) < 4.78 is 10.9. The van der Waals surface area contributed by atoms with Gasteiger partial charge in [0, 0.05) is 24.9 Å². The van der Waals surface area contributed by atoms with Crippen molar-refractivity contribution in [3.05, 3.63) is 47.7 Å². The third-order valence-electron chi connectivity index (χ3n) is 2.52. The van der Waals surface area contributed by atoms with Crippen LogP contribution in [0.5, 0.6) is 17.4 Å². The number of benzene rings is 1. The third-order valence-corrected chi connectivity index (χ3v) is 2.52. The molecule has 4 heteroatoms. The van der Waals surface area contributed by atoms with Crippen molar-refractivity contribution in [2.24, 2.45) is 5.73 Å². The van der Waals surface area contributed by atoms with Gasteiger partial charge >= 0.3 is 0 Å². The predicted octanol–water partition coefficient (Wildman–Crippen LogP) is 2.65. The normalized spacial score (nSPS) is 10.2. The first kappa shape index (κ1) is 12.4. The summed E-state index contributed by atoms with van der Waals surface area (Å²) in [6.07, 6.45) is 1.72. The topological polar surface area (TPSA) is 57.4 Å². The molecule has 0 aliphatic rings. The zero-order chi connectivity index (χ0) is 13.0. The molecule has 2 N–H and O–H groups in total. The Morgan fingerprint density at radius 1 is 1.17 bits per heavy atom. The molecule has 2 aromatic rings. The maximum atomic E-state index is 5.70. The summed E-state index contributed by atoms with van der Waals surface area (Å²) in [5.41, 5.74) is 7.69. The van der Waals surface area contributed by atoms with Crippen LogP contribution in [0.2, 0.25) is 0 Å². The van der Waals surface area contributed by atoms with Crippen molar-refractivity contribution in [1.82, 2.24) is 4.98 Å². The summed E-state index contributed by atoms with van der Waals surface area (Å²) in [7, 11) is 1.62. The molecule has 0 aliphatic heterocycles. The summed E-state index contributed by atoms with van der Waals surface area (Å²) in [6, 6.07) is 9.37. The second-order valence-electron chi connectivity index (χ2n) is 3.99. The van der Waals surface area contributed by atoms with E-state index in [4.69, 9.17) is 15.2 Å². The van der Waals surface area contributed by atoms with E-state index in [2.05, 4.69) is 4.98 Å². The van der Waals surface area contributed by atoms with E-state index >= 15 is 0 Å². The van der Waals surface area contributed by atoms with Gasteiger partial charge in [-0.05, 0) is 36.2 Å². The Morgan fingerprint density at radius 2 is 1.94 bits per heavy atom. The number of ether oxygens (including phenoxy) is 2. The van der Waals surface area contributed by atoms with E-state index in [1.54, 1.807) is 13.3 Å². The van der Waals surface area contributed by atoms with Crippen molar-refractivity contribution in [1.29, 1.82) is 0 Å². The molecule has 94 valence electrons. The molecule has 0 aliphatic carbocycles. The summed E-state index contributed by atoms with van der Waals surface area (Å²) in [6.45, 7) is 2.43. The van der Waals surface area contributed by atoms with Crippen molar-refractivity contribution < 1.29 is 9.47 Å². The molecular weight excluding hydrogens is 228 g/mol. The van der Waals surface area contributed by atoms with Crippen LogP contribution >= 0.6 is 0 Å². The molecule has 0 amide bonds. The molecule has 0 fully saturated rings. The van der Waals surface area contributed by atoms with Crippen LogP contribution < -0.4 is 15.2 Å². The van der Waals surface area contributed by atoms with Crippen LogP contribution in [0.4, 0.5) is 0 Å². The highest BCUT2D eigenvalue weighted by Gasteiger charge is 2.04. The molecule has 18 heavy (non-hydrogen) atoms. The zero-order valence-electron chi connectivity index (χ0n) is 10.5. The monoisotopic (exact) mass is 244 g/mol. The number of aromatic nitrogens is 1. The molecule has 2 rings (SSSR count). The van der Waals surface area contributed by atoms with E-state index < -0.39 is 0 Å². The highest BCUT2D eigenvalue weighted by Crippen LogP contribution is 2.26. The number of nitrogens with zero attached hydrogens (tertiary/aromatic N) is 1. The highest BCUT2D eigenvalue weighted by atomic mass is 16.5. The average Bonchev–Trinajstić information content (AvgIpc) is 2.38. The van der Waals surface area contributed by atoms with Crippen LogP contribution in [0.3, 0.4) is 0 Å². The van der Waals surface area contributed by atoms with Gasteiger partial charge in [0.05, 0.1) is 7.11 Å². The van der Waals surface area contributed by atoms with Crippen molar-refractivity contribution in [3.8, 4) is 17.4 Å². The fourth-order valence-electron chi connectivity index (χ4n) is 1.61. The SMILES string of the molecule is COc1cc(CN)cc(Oc2cc(C)ccn2)c1. The fourth-order valence-corrected chi connectivity index (χ4v) is 1.61. The molecule has 0 atom stereocenters. The molecular formula is C14H16N2O2. The van der Waals surface area contributed by atoms with Crippen molar-refractivity contribution in [2.75, 3.05) is 7.11 Å². The van der Waals surface area contributed by atoms with Crippen molar-refractivity contribution >= 4 is 0 Å². The first-order chi connectivity index (χ1) is 8.71. The maximum absolute atomic E-state index is 5.70. The van der Waals surface area contributed by atoms with E-state index in [-0.39, 0.29) is 0 Å². The smallest absolute Gasteiger partial charge is 0.219 e. The number of hydrogen-bond acceptors (Lipinski definition) is 4. The first-order valence-corrected chi connectivity index (χ1v) is 5.70. The van der Waals surface area contributed by atoms with Crippen LogP contribution in [-0.4, -0.2) is 12.1 Å². The molecule has 4 nitrogen and oxygen atoms in total. The van der Waals surface area contributed by atoms with Gasteiger partial charge < -0.3 is 15.2 Å². The Balaban J connectivity index is 2.28. The summed E-state index contributed by atoms with van der Waals surface area (Å²) >= 11 is 0. The summed E-state index contributed by atoms with van der Waals surface area (Å²) in [5, 5.41) is 0. The minimum Gasteiger partial charge on any atom is -0.497 e. The first-order valence-electron chi connectivity index (χ1n) is 5.70. The van der Waals surface area contributed by atoms with Crippen molar-refractivity contribution in [3.63, 3.8) is 0 Å². The van der Waals surface area contributed by atoms with Gasteiger partial charge in [-0.15, -0.1) is 0 Å². The summed E-state index contributed by atoms with van der Waals surface area (Å²) in [5.74, 6) is 1.96. The molecule has 0 unspecified atom stereocenters. The molecule has 0 saturated heterocycles. The maximum Gasteiger partial charge on any atom is 0.219 e. The van der Waals surface area contributed by atoms with Gasteiger partial charge in [0.1, 0.15) is 11.5 Å². The molecule has 0 radical (unpaired) electrons. The number of rotatable bonds is 4. The standard InChI is InChI=1S/C14H16N2O2/c1-10-3-4-16-14(5-10)18-13-7-11(9-15)6-12(8-13)17-2/h3-8H,9,15H2,1-2H3. The van der Waals surface area contributed by atoms with E-state index in [1.807, 2.05) is 37.3 Å². The van der Waals surface area contributed by atoms with Gasteiger partial charge in [-0.3, -0.25) is 0 Å². The molecule has 1 heterocycles. The summed E-state index contributed by atoms with van der Waals surface area (Å²) in [4.78, 5) is 4.15. The Hall–Kier alpha value is -2.07.